The van der Waals surface area contributed by atoms with Crippen molar-refractivity contribution >= 4 is 5.91 Å². The summed E-state index contributed by atoms with van der Waals surface area (Å²) < 4.78 is 0. The maximum absolute atomic E-state index is 11.9. The van der Waals surface area contributed by atoms with Crippen molar-refractivity contribution in [1.29, 1.82) is 0 Å². The van der Waals surface area contributed by atoms with Gasteiger partial charge in [0.2, 0.25) is 5.91 Å². The van der Waals surface area contributed by atoms with E-state index in [-0.39, 0.29) is 11.9 Å². The van der Waals surface area contributed by atoms with Gasteiger partial charge in [-0.25, -0.2) is 0 Å². The summed E-state index contributed by atoms with van der Waals surface area (Å²) in [7, 11) is 0. The van der Waals surface area contributed by atoms with Crippen LogP contribution in [0.1, 0.15) is 45.4 Å². The van der Waals surface area contributed by atoms with Crippen molar-refractivity contribution in [2.24, 2.45) is 5.92 Å². The minimum absolute atomic E-state index is 0.0486. The van der Waals surface area contributed by atoms with E-state index in [4.69, 9.17) is 0 Å². The molecule has 1 saturated carbocycles. The Morgan fingerprint density at radius 1 is 1.17 bits per heavy atom. The van der Waals surface area contributed by atoms with Crippen LogP contribution in [0.2, 0.25) is 0 Å². The van der Waals surface area contributed by atoms with E-state index in [1.165, 1.54) is 32.1 Å². The third-order valence-electron chi connectivity index (χ3n) is 4.23. The molecule has 0 aromatic carbocycles. The topological polar surface area (TPSA) is 53.2 Å². The summed E-state index contributed by atoms with van der Waals surface area (Å²) >= 11 is 0. The number of hydrogen-bond donors (Lipinski definition) is 3. The summed E-state index contributed by atoms with van der Waals surface area (Å²) in [6, 6.07) is 0.420. The second-order valence-corrected chi connectivity index (χ2v) is 5.85. The van der Waals surface area contributed by atoms with Crippen molar-refractivity contribution in [3.05, 3.63) is 0 Å². The molecule has 2 atom stereocenters. The summed E-state index contributed by atoms with van der Waals surface area (Å²) in [5.41, 5.74) is 0. The lowest BCUT2D eigenvalue weighted by atomic mass is 9.87. The van der Waals surface area contributed by atoms with E-state index in [0.29, 0.717) is 6.04 Å². The van der Waals surface area contributed by atoms with Crippen LogP contribution in [-0.4, -0.2) is 37.6 Å². The van der Waals surface area contributed by atoms with Gasteiger partial charge >= 0.3 is 0 Å². The average molecular weight is 253 g/mol. The predicted molar refractivity (Wildman–Crippen MR) is 73.5 cm³/mol. The minimum atomic E-state index is -0.0486. The highest BCUT2D eigenvalue weighted by Crippen LogP contribution is 2.25. The monoisotopic (exact) mass is 253 g/mol. The van der Waals surface area contributed by atoms with Crippen LogP contribution in [0.4, 0.5) is 0 Å². The molecular weight excluding hydrogens is 226 g/mol. The van der Waals surface area contributed by atoms with E-state index in [2.05, 4.69) is 22.9 Å². The van der Waals surface area contributed by atoms with Crippen molar-refractivity contribution in [1.82, 2.24) is 16.0 Å². The fourth-order valence-electron chi connectivity index (χ4n) is 2.97. The SMILES string of the molecule is CC1CNC(C(=O)NCCC2CCCCC2)CN1. The molecule has 1 aliphatic heterocycles. The summed E-state index contributed by atoms with van der Waals surface area (Å²) in [6.07, 6.45) is 8.03. The van der Waals surface area contributed by atoms with Crippen LogP contribution in [-0.2, 0) is 4.79 Å². The third kappa shape index (κ3) is 4.25. The zero-order valence-corrected chi connectivity index (χ0v) is 11.5. The Hall–Kier alpha value is -0.610. The Morgan fingerprint density at radius 2 is 1.94 bits per heavy atom. The van der Waals surface area contributed by atoms with Gasteiger partial charge in [0.25, 0.3) is 0 Å². The first-order chi connectivity index (χ1) is 8.75. The first kappa shape index (κ1) is 13.8. The Bertz CT molecular complexity index is 256. The first-order valence-corrected chi connectivity index (χ1v) is 7.50. The number of nitrogens with one attached hydrogen (secondary N) is 3. The van der Waals surface area contributed by atoms with Gasteiger partial charge in [-0.1, -0.05) is 32.1 Å². The zero-order valence-electron chi connectivity index (χ0n) is 11.5. The van der Waals surface area contributed by atoms with E-state index in [1.807, 2.05) is 0 Å². The molecule has 1 aliphatic carbocycles. The van der Waals surface area contributed by atoms with Crippen LogP contribution < -0.4 is 16.0 Å². The van der Waals surface area contributed by atoms with Crippen LogP contribution in [0.5, 0.6) is 0 Å². The van der Waals surface area contributed by atoms with Gasteiger partial charge in [-0.2, -0.15) is 0 Å². The van der Waals surface area contributed by atoms with Crippen LogP contribution in [0.3, 0.4) is 0 Å². The molecule has 0 aromatic rings. The molecule has 0 bridgehead atoms. The summed E-state index contributed by atoms with van der Waals surface area (Å²) in [6.45, 7) is 4.60. The molecule has 18 heavy (non-hydrogen) atoms. The third-order valence-corrected chi connectivity index (χ3v) is 4.23. The Balaban J connectivity index is 1.59. The maximum Gasteiger partial charge on any atom is 0.238 e. The lowest BCUT2D eigenvalue weighted by molar-refractivity contribution is -0.123. The van der Waals surface area contributed by atoms with Crippen molar-refractivity contribution < 1.29 is 4.79 Å². The summed E-state index contributed by atoms with van der Waals surface area (Å²) in [4.78, 5) is 11.9. The molecule has 0 spiro atoms. The van der Waals surface area contributed by atoms with E-state index < -0.39 is 0 Å². The molecule has 4 nitrogen and oxygen atoms in total. The molecule has 4 heteroatoms. The molecule has 104 valence electrons. The standard InChI is InChI=1S/C14H27N3O/c1-11-9-17-13(10-16-11)14(18)15-8-7-12-5-3-2-4-6-12/h11-13,16-17H,2-10H2,1H3,(H,15,18). The van der Waals surface area contributed by atoms with E-state index in [1.54, 1.807) is 0 Å². The van der Waals surface area contributed by atoms with E-state index in [9.17, 15) is 4.79 Å². The van der Waals surface area contributed by atoms with Gasteiger partial charge in [0, 0.05) is 25.7 Å². The molecule has 1 saturated heterocycles. The number of hydrogen-bond acceptors (Lipinski definition) is 3. The van der Waals surface area contributed by atoms with Gasteiger partial charge in [0.05, 0.1) is 6.04 Å². The maximum atomic E-state index is 11.9. The number of carbonyl (C=O) groups excluding carboxylic acids is 1. The largest absolute Gasteiger partial charge is 0.355 e. The predicted octanol–water partition coefficient (Wildman–Crippen LogP) is 1.02. The van der Waals surface area contributed by atoms with Crippen molar-refractivity contribution in [2.75, 3.05) is 19.6 Å². The number of carbonyl (C=O) groups is 1. The quantitative estimate of drug-likeness (QED) is 0.701. The van der Waals surface area contributed by atoms with Crippen molar-refractivity contribution in [3.8, 4) is 0 Å². The van der Waals surface area contributed by atoms with Gasteiger partial charge < -0.3 is 16.0 Å². The summed E-state index contributed by atoms with van der Waals surface area (Å²) in [5, 5.41) is 9.69. The van der Waals surface area contributed by atoms with Gasteiger partial charge in [-0.15, -0.1) is 0 Å². The van der Waals surface area contributed by atoms with Crippen molar-refractivity contribution in [3.63, 3.8) is 0 Å². The van der Waals surface area contributed by atoms with Crippen molar-refractivity contribution in [2.45, 2.75) is 57.5 Å². The van der Waals surface area contributed by atoms with Crippen LogP contribution in [0.25, 0.3) is 0 Å². The van der Waals surface area contributed by atoms with E-state index in [0.717, 1.165) is 32.0 Å². The zero-order chi connectivity index (χ0) is 12.8. The van der Waals surface area contributed by atoms with Gasteiger partial charge in [0.15, 0.2) is 0 Å². The fourth-order valence-corrected chi connectivity index (χ4v) is 2.97. The molecule has 3 N–H and O–H groups in total. The molecule has 2 fully saturated rings. The number of rotatable bonds is 4. The second kappa shape index (κ2) is 7.10. The number of amides is 1. The first-order valence-electron chi connectivity index (χ1n) is 7.50. The molecule has 2 aliphatic rings. The molecule has 2 unspecified atom stereocenters. The second-order valence-electron chi connectivity index (χ2n) is 5.85. The summed E-state index contributed by atoms with van der Waals surface area (Å²) in [5.74, 6) is 1.00. The number of piperazine rings is 1. The smallest absolute Gasteiger partial charge is 0.238 e. The van der Waals surface area contributed by atoms with Crippen LogP contribution in [0.15, 0.2) is 0 Å². The molecule has 0 aromatic heterocycles. The minimum Gasteiger partial charge on any atom is -0.355 e. The molecular formula is C14H27N3O. The molecule has 2 rings (SSSR count). The molecule has 0 radical (unpaired) electrons. The average Bonchev–Trinajstić information content (AvgIpc) is 2.40. The highest BCUT2D eigenvalue weighted by molar-refractivity contribution is 5.82. The molecule has 1 heterocycles. The Labute approximate surface area is 110 Å². The van der Waals surface area contributed by atoms with Gasteiger partial charge in [-0.3, -0.25) is 4.79 Å². The Kier molecular flexibility index (Phi) is 5.45. The Morgan fingerprint density at radius 3 is 2.61 bits per heavy atom. The molecule has 1 amide bonds. The lowest BCUT2D eigenvalue weighted by Crippen LogP contribution is -2.59. The fraction of sp³-hybridized carbons (Fsp3) is 0.929. The highest BCUT2D eigenvalue weighted by atomic mass is 16.2. The lowest BCUT2D eigenvalue weighted by Gasteiger charge is -2.28. The van der Waals surface area contributed by atoms with Crippen LogP contribution in [0, 0.1) is 5.92 Å². The van der Waals surface area contributed by atoms with Gasteiger partial charge in [-0.05, 0) is 19.3 Å². The normalized spacial score (nSPS) is 30.1. The van der Waals surface area contributed by atoms with Gasteiger partial charge in [0.1, 0.15) is 0 Å². The van der Waals surface area contributed by atoms with Crippen LogP contribution >= 0.6 is 0 Å². The highest BCUT2D eigenvalue weighted by Gasteiger charge is 2.23. The van der Waals surface area contributed by atoms with E-state index >= 15 is 0 Å².